The fraction of sp³-hybridized carbons (Fsp3) is 0.588. The third-order valence-electron chi connectivity index (χ3n) is 5.02. The molecule has 1 heterocycles. The molecule has 0 spiro atoms. The monoisotopic (exact) mass is 352 g/mol. The Balaban J connectivity index is 1.53. The molecule has 6 nitrogen and oxygen atoms in total. The van der Waals surface area contributed by atoms with Crippen LogP contribution in [0.25, 0.3) is 0 Å². The van der Waals surface area contributed by atoms with E-state index in [9.17, 15) is 13.2 Å². The molecule has 1 aliphatic carbocycles. The van der Waals surface area contributed by atoms with E-state index in [0.717, 1.165) is 24.9 Å². The van der Waals surface area contributed by atoms with Crippen LogP contribution in [0.15, 0.2) is 30.3 Å². The number of hydrogen-bond donors (Lipinski definition) is 1. The molecule has 132 valence electrons. The number of ether oxygens (including phenoxy) is 1. The minimum Gasteiger partial charge on any atom is -0.441 e. The zero-order chi connectivity index (χ0) is 17.2. The number of benzene rings is 1. The maximum Gasteiger partial charge on any atom is 0.405 e. The Morgan fingerprint density at radius 2 is 1.83 bits per heavy atom. The molecule has 7 heteroatoms. The van der Waals surface area contributed by atoms with E-state index in [0.29, 0.717) is 19.0 Å². The van der Waals surface area contributed by atoms with Crippen molar-refractivity contribution < 1.29 is 17.9 Å². The van der Waals surface area contributed by atoms with Gasteiger partial charge in [-0.1, -0.05) is 30.3 Å². The van der Waals surface area contributed by atoms with Crippen LogP contribution in [0, 0.1) is 11.8 Å². The van der Waals surface area contributed by atoms with Gasteiger partial charge in [0, 0.05) is 25.6 Å². The zero-order valence-corrected chi connectivity index (χ0v) is 14.5. The summed E-state index contributed by atoms with van der Waals surface area (Å²) in [5, 5.41) is 0. The summed E-state index contributed by atoms with van der Waals surface area (Å²) >= 11 is 0. The third kappa shape index (κ3) is 4.27. The largest absolute Gasteiger partial charge is 0.441 e. The lowest BCUT2D eigenvalue weighted by Gasteiger charge is -2.42. The molecule has 24 heavy (non-hydrogen) atoms. The second kappa shape index (κ2) is 7.11. The van der Waals surface area contributed by atoms with E-state index in [1.54, 1.807) is 0 Å². The molecule has 0 aromatic heterocycles. The minimum absolute atomic E-state index is 0.264. The highest BCUT2D eigenvalue weighted by atomic mass is 32.2. The Morgan fingerprint density at radius 3 is 2.42 bits per heavy atom. The average molecular weight is 352 g/mol. The molecule has 1 saturated carbocycles. The van der Waals surface area contributed by atoms with Crippen molar-refractivity contribution in [1.82, 2.24) is 4.90 Å². The number of hydrogen-bond acceptors (Lipinski definition) is 5. The van der Waals surface area contributed by atoms with Gasteiger partial charge in [0.25, 0.3) is 0 Å². The van der Waals surface area contributed by atoms with E-state index >= 15 is 0 Å². The quantitative estimate of drug-likeness (QED) is 0.869. The van der Waals surface area contributed by atoms with Crippen molar-refractivity contribution in [1.29, 1.82) is 0 Å². The van der Waals surface area contributed by atoms with E-state index in [4.69, 9.17) is 10.5 Å². The summed E-state index contributed by atoms with van der Waals surface area (Å²) in [4.78, 5) is 13.5. The van der Waals surface area contributed by atoms with Crippen LogP contribution in [0.1, 0.15) is 24.5 Å². The fourth-order valence-corrected chi connectivity index (χ4v) is 4.96. The molecular weight excluding hydrogens is 328 g/mol. The number of rotatable bonds is 5. The molecule has 0 bridgehead atoms. The molecule has 1 aromatic rings. The van der Waals surface area contributed by atoms with Gasteiger partial charge in [-0.2, -0.15) is 0 Å². The summed E-state index contributed by atoms with van der Waals surface area (Å²) in [6.45, 7) is 2.18. The summed E-state index contributed by atoms with van der Waals surface area (Å²) in [5.41, 5.74) is 6.21. The van der Waals surface area contributed by atoms with Gasteiger partial charge in [-0.15, -0.1) is 0 Å². The van der Waals surface area contributed by atoms with E-state index in [1.165, 1.54) is 0 Å². The van der Waals surface area contributed by atoms with Crippen molar-refractivity contribution in [3.8, 4) is 0 Å². The SMILES string of the molecule is NC(=O)OC(c1ccccc1)[C@H]1C[C@@H](CN2CCS(=O)(=O)CC2)C1. The summed E-state index contributed by atoms with van der Waals surface area (Å²) in [6, 6.07) is 9.69. The van der Waals surface area contributed by atoms with Gasteiger partial charge in [0.05, 0.1) is 11.5 Å². The van der Waals surface area contributed by atoms with E-state index in [-0.39, 0.29) is 23.5 Å². The average Bonchev–Trinajstić information content (AvgIpc) is 2.51. The first kappa shape index (κ1) is 17.2. The number of sulfone groups is 1. The third-order valence-corrected chi connectivity index (χ3v) is 6.63. The van der Waals surface area contributed by atoms with Gasteiger partial charge in [0.2, 0.25) is 0 Å². The highest BCUT2D eigenvalue weighted by Crippen LogP contribution is 2.44. The van der Waals surface area contributed by atoms with Crippen LogP contribution in [-0.2, 0) is 14.6 Å². The molecular formula is C17H24N2O4S. The maximum atomic E-state index is 11.5. The molecule has 1 aromatic carbocycles. The first-order valence-corrected chi connectivity index (χ1v) is 10.2. The van der Waals surface area contributed by atoms with E-state index in [1.807, 2.05) is 30.3 Å². The fourth-order valence-electron chi connectivity index (χ4n) is 3.69. The number of nitrogens with zero attached hydrogens (tertiary/aromatic N) is 1. The summed E-state index contributed by atoms with van der Waals surface area (Å²) in [7, 11) is -2.83. The first-order chi connectivity index (χ1) is 11.4. The first-order valence-electron chi connectivity index (χ1n) is 8.37. The molecule has 1 unspecified atom stereocenters. The van der Waals surface area contributed by atoms with Gasteiger partial charge in [-0.25, -0.2) is 13.2 Å². The van der Waals surface area contributed by atoms with Crippen LogP contribution < -0.4 is 5.73 Å². The molecule has 1 amide bonds. The summed E-state index contributed by atoms with van der Waals surface area (Å²) < 4.78 is 28.3. The smallest absolute Gasteiger partial charge is 0.405 e. The van der Waals surface area contributed by atoms with Crippen molar-refractivity contribution >= 4 is 15.9 Å². The molecule has 3 rings (SSSR count). The number of carbonyl (C=O) groups is 1. The van der Waals surface area contributed by atoms with Gasteiger partial charge >= 0.3 is 6.09 Å². The van der Waals surface area contributed by atoms with Crippen molar-refractivity contribution in [2.24, 2.45) is 17.6 Å². The Kier molecular flexibility index (Phi) is 5.10. The van der Waals surface area contributed by atoms with Crippen molar-refractivity contribution in [3.63, 3.8) is 0 Å². The van der Waals surface area contributed by atoms with E-state index < -0.39 is 15.9 Å². The van der Waals surface area contributed by atoms with Crippen LogP contribution in [-0.4, -0.2) is 50.6 Å². The zero-order valence-electron chi connectivity index (χ0n) is 13.6. The lowest BCUT2D eigenvalue weighted by molar-refractivity contribution is 0.00211. The van der Waals surface area contributed by atoms with Gasteiger partial charge < -0.3 is 15.4 Å². The molecule has 1 atom stereocenters. The lowest BCUT2D eigenvalue weighted by atomic mass is 9.70. The Bertz CT molecular complexity index is 657. The normalized spacial score (nSPS) is 27.8. The van der Waals surface area contributed by atoms with Crippen LogP contribution in [0.2, 0.25) is 0 Å². The van der Waals surface area contributed by atoms with Gasteiger partial charge in [0.15, 0.2) is 9.84 Å². The van der Waals surface area contributed by atoms with Crippen molar-refractivity contribution in [2.75, 3.05) is 31.1 Å². The van der Waals surface area contributed by atoms with Crippen LogP contribution in [0.5, 0.6) is 0 Å². The Morgan fingerprint density at radius 1 is 1.21 bits per heavy atom. The van der Waals surface area contributed by atoms with Gasteiger partial charge in [0.1, 0.15) is 6.10 Å². The summed E-state index contributed by atoms with van der Waals surface area (Å²) in [6.07, 6.45) is 0.904. The highest BCUT2D eigenvalue weighted by molar-refractivity contribution is 7.91. The molecule has 2 fully saturated rings. The number of amides is 1. The number of carbonyl (C=O) groups excluding carboxylic acids is 1. The summed E-state index contributed by atoms with van der Waals surface area (Å²) in [5.74, 6) is 1.33. The standard InChI is InChI=1S/C17H24N2O4S/c18-17(20)23-16(14-4-2-1-3-5-14)15-10-13(11-15)12-19-6-8-24(21,22)9-7-19/h1-5,13,15-16H,6-12H2,(H2,18,20)/t13-,15+,16?. The van der Waals surface area contributed by atoms with Crippen LogP contribution >= 0.6 is 0 Å². The molecule has 1 saturated heterocycles. The molecule has 0 radical (unpaired) electrons. The Labute approximate surface area is 142 Å². The van der Waals surface area contributed by atoms with Crippen molar-refractivity contribution in [3.05, 3.63) is 35.9 Å². The molecule has 1 aliphatic heterocycles. The van der Waals surface area contributed by atoms with Crippen molar-refractivity contribution in [2.45, 2.75) is 18.9 Å². The number of nitrogens with two attached hydrogens (primary N) is 1. The maximum absolute atomic E-state index is 11.5. The molecule has 2 N–H and O–H groups in total. The predicted molar refractivity (Wildman–Crippen MR) is 91.2 cm³/mol. The second-order valence-electron chi connectivity index (χ2n) is 6.82. The predicted octanol–water partition coefficient (Wildman–Crippen LogP) is 1.58. The highest BCUT2D eigenvalue weighted by Gasteiger charge is 2.39. The Hall–Kier alpha value is -1.60. The minimum atomic E-state index is -2.83. The topological polar surface area (TPSA) is 89.7 Å². The van der Waals surface area contributed by atoms with Crippen LogP contribution in [0.3, 0.4) is 0 Å². The number of primary amides is 1. The van der Waals surface area contributed by atoms with E-state index in [2.05, 4.69) is 4.90 Å². The second-order valence-corrected chi connectivity index (χ2v) is 9.12. The lowest BCUT2D eigenvalue weighted by Crippen LogP contribution is -2.45. The molecule has 2 aliphatic rings. The van der Waals surface area contributed by atoms with Gasteiger partial charge in [-0.05, 0) is 24.3 Å². The van der Waals surface area contributed by atoms with Gasteiger partial charge in [-0.3, -0.25) is 0 Å². The van der Waals surface area contributed by atoms with Crippen LogP contribution in [0.4, 0.5) is 4.79 Å².